The summed E-state index contributed by atoms with van der Waals surface area (Å²) >= 11 is 0. The second kappa shape index (κ2) is 8.26. The molecule has 1 saturated heterocycles. The van der Waals surface area contributed by atoms with Gasteiger partial charge in [0.05, 0.1) is 26.0 Å². The van der Waals surface area contributed by atoms with Crippen LogP contribution in [0.1, 0.15) is 15.9 Å². The van der Waals surface area contributed by atoms with E-state index in [0.717, 1.165) is 22.0 Å². The first-order valence-corrected chi connectivity index (χ1v) is 10.1. The number of sulfonamides is 1. The van der Waals surface area contributed by atoms with Gasteiger partial charge in [-0.25, -0.2) is 12.8 Å². The quantitative estimate of drug-likeness (QED) is 0.821. The highest BCUT2D eigenvalue weighted by molar-refractivity contribution is 7.89. The van der Waals surface area contributed by atoms with Crippen LogP contribution >= 0.6 is 0 Å². The molecule has 0 unspecified atom stereocenters. The summed E-state index contributed by atoms with van der Waals surface area (Å²) in [6, 6.07) is 8.55. The lowest BCUT2D eigenvalue weighted by molar-refractivity contribution is 0.0729. The number of hydrogen-bond acceptors (Lipinski definition) is 5. The van der Waals surface area contributed by atoms with Crippen molar-refractivity contribution in [2.24, 2.45) is 0 Å². The minimum atomic E-state index is -4.07. The smallest absolute Gasteiger partial charge is 0.255 e. The van der Waals surface area contributed by atoms with E-state index < -0.39 is 26.6 Å². The summed E-state index contributed by atoms with van der Waals surface area (Å²) in [5.41, 5.74) is 1.37. The van der Waals surface area contributed by atoms with Gasteiger partial charge in [-0.15, -0.1) is 0 Å². The third kappa shape index (κ3) is 4.16. The molecule has 0 aliphatic carbocycles. The SMILES string of the molecule is COc1ccc(C)cc1NC(=O)c1ccc(F)c(S(=O)(=O)N2CCOCC2)c1. The number of nitrogens with zero attached hydrogens (tertiary/aromatic N) is 1. The third-order valence-corrected chi connectivity index (χ3v) is 6.30. The fraction of sp³-hybridized carbons (Fsp3) is 0.316. The van der Waals surface area contributed by atoms with Crippen LogP contribution in [-0.4, -0.2) is 52.0 Å². The van der Waals surface area contributed by atoms with E-state index in [-0.39, 0.29) is 31.9 Å². The molecule has 28 heavy (non-hydrogen) atoms. The zero-order chi connectivity index (χ0) is 20.3. The number of halogens is 1. The summed E-state index contributed by atoms with van der Waals surface area (Å²) < 4.78 is 51.3. The molecule has 2 aromatic rings. The lowest BCUT2D eigenvalue weighted by Gasteiger charge is -2.26. The maximum absolute atomic E-state index is 14.3. The number of carbonyl (C=O) groups is 1. The van der Waals surface area contributed by atoms with Gasteiger partial charge >= 0.3 is 0 Å². The average molecular weight is 408 g/mol. The molecule has 1 fully saturated rings. The van der Waals surface area contributed by atoms with E-state index in [1.807, 2.05) is 13.0 Å². The fourth-order valence-electron chi connectivity index (χ4n) is 2.88. The predicted molar refractivity (Wildman–Crippen MR) is 102 cm³/mol. The number of amides is 1. The van der Waals surface area contributed by atoms with E-state index in [1.54, 1.807) is 12.1 Å². The molecule has 0 atom stereocenters. The largest absolute Gasteiger partial charge is 0.495 e. The topological polar surface area (TPSA) is 84.9 Å². The average Bonchev–Trinajstić information content (AvgIpc) is 2.69. The van der Waals surface area contributed by atoms with Gasteiger partial charge in [0.1, 0.15) is 16.5 Å². The third-order valence-electron chi connectivity index (χ3n) is 4.38. The molecular weight excluding hydrogens is 387 g/mol. The molecule has 0 radical (unpaired) electrons. The first kappa shape index (κ1) is 20.2. The summed E-state index contributed by atoms with van der Waals surface area (Å²) in [6.07, 6.45) is 0. The Morgan fingerprint density at radius 1 is 1.18 bits per heavy atom. The summed E-state index contributed by atoms with van der Waals surface area (Å²) in [4.78, 5) is 12.1. The second-order valence-corrected chi connectivity index (χ2v) is 8.23. The normalized spacial score (nSPS) is 15.2. The van der Waals surface area contributed by atoms with Crippen LogP contribution in [0.2, 0.25) is 0 Å². The summed E-state index contributed by atoms with van der Waals surface area (Å²) in [6.45, 7) is 2.62. The van der Waals surface area contributed by atoms with Gasteiger partial charge in [0.2, 0.25) is 10.0 Å². The molecule has 1 aliphatic rings. The van der Waals surface area contributed by atoms with Gasteiger partial charge in [-0.3, -0.25) is 4.79 Å². The monoisotopic (exact) mass is 408 g/mol. The van der Waals surface area contributed by atoms with Gasteiger partial charge < -0.3 is 14.8 Å². The van der Waals surface area contributed by atoms with Crippen LogP contribution in [0.15, 0.2) is 41.3 Å². The Balaban J connectivity index is 1.91. The Labute approximate surface area is 163 Å². The van der Waals surface area contributed by atoms with Crippen molar-refractivity contribution < 1.29 is 27.1 Å². The first-order chi connectivity index (χ1) is 13.3. The van der Waals surface area contributed by atoms with E-state index in [9.17, 15) is 17.6 Å². The number of anilines is 1. The minimum Gasteiger partial charge on any atom is -0.495 e. The number of hydrogen-bond donors (Lipinski definition) is 1. The number of benzene rings is 2. The van der Waals surface area contributed by atoms with Crippen LogP contribution in [0.3, 0.4) is 0 Å². The lowest BCUT2D eigenvalue weighted by atomic mass is 10.1. The standard InChI is InChI=1S/C19H21FN2O5S/c1-13-3-6-17(26-2)16(11-13)21-19(23)14-4-5-15(20)18(12-14)28(24,25)22-7-9-27-10-8-22/h3-6,11-12H,7-10H2,1-2H3,(H,21,23). The van der Waals surface area contributed by atoms with Crippen LogP contribution in [0.4, 0.5) is 10.1 Å². The van der Waals surface area contributed by atoms with Crippen molar-refractivity contribution in [3.05, 3.63) is 53.3 Å². The van der Waals surface area contributed by atoms with Crippen molar-refractivity contribution in [1.82, 2.24) is 4.31 Å². The predicted octanol–water partition coefficient (Wildman–Crippen LogP) is 2.42. The fourth-order valence-corrected chi connectivity index (χ4v) is 4.38. The Kier molecular flexibility index (Phi) is 5.97. The Bertz CT molecular complexity index is 988. The van der Waals surface area contributed by atoms with E-state index >= 15 is 0 Å². The highest BCUT2D eigenvalue weighted by Crippen LogP contribution is 2.27. The van der Waals surface area contributed by atoms with Crippen molar-refractivity contribution in [3.8, 4) is 5.75 Å². The lowest BCUT2D eigenvalue weighted by Crippen LogP contribution is -2.41. The maximum atomic E-state index is 14.3. The van der Waals surface area contributed by atoms with Crippen LogP contribution < -0.4 is 10.1 Å². The molecule has 7 nitrogen and oxygen atoms in total. The summed E-state index contributed by atoms with van der Waals surface area (Å²) in [5, 5.41) is 2.68. The molecule has 2 aromatic carbocycles. The van der Waals surface area contributed by atoms with Crippen LogP contribution in [-0.2, 0) is 14.8 Å². The number of ether oxygens (including phenoxy) is 2. The molecule has 9 heteroatoms. The van der Waals surface area contributed by atoms with E-state index in [4.69, 9.17) is 9.47 Å². The molecule has 1 amide bonds. The van der Waals surface area contributed by atoms with Crippen LogP contribution in [0.25, 0.3) is 0 Å². The number of morpholine rings is 1. The van der Waals surface area contributed by atoms with Gasteiger partial charge in [-0.1, -0.05) is 6.07 Å². The molecule has 1 aliphatic heterocycles. The van der Waals surface area contributed by atoms with E-state index in [0.29, 0.717) is 11.4 Å². The minimum absolute atomic E-state index is 0.0248. The molecule has 3 rings (SSSR count). The molecule has 0 spiro atoms. The summed E-state index contributed by atoms with van der Waals surface area (Å²) in [7, 11) is -2.59. The number of rotatable bonds is 5. The molecule has 1 heterocycles. The van der Waals surface area contributed by atoms with Gasteiger partial charge in [-0.2, -0.15) is 4.31 Å². The Morgan fingerprint density at radius 3 is 2.57 bits per heavy atom. The van der Waals surface area contributed by atoms with Crippen LogP contribution in [0, 0.1) is 12.7 Å². The van der Waals surface area contributed by atoms with E-state index in [1.165, 1.54) is 13.2 Å². The molecule has 150 valence electrons. The van der Waals surface area contributed by atoms with Crippen molar-refractivity contribution in [2.45, 2.75) is 11.8 Å². The van der Waals surface area contributed by atoms with Gasteiger partial charge in [-0.05, 0) is 42.8 Å². The van der Waals surface area contributed by atoms with Crippen molar-refractivity contribution in [1.29, 1.82) is 0 Å². The van der Waals surface area contributed by atoms with Gasteiger partial charge in [0.25, 0.3) is 5.91 Å². The van der Waals surface area contributed by atoms with Gasteiger partial charge in [0, 0.05) is 18.7 Å². The number of carbonyl (C=O) groups excluding carboxylic acids is 1. The number of aryl methyl sites for hydroxylation is 1. The zero-order valence-corrected chi connectivity index (χ0v) is 16.4. The van der Waals surface area contributed by atoms with Crippen molar-refractivity contribution in [3.63, 3.8) is 0 Å². The summed E-state index contributed by atoms with van der Waals surface area (Å²) in [5.74, 6) is -1.01. The van der Waals surface area contributed by atoms with Crippen molar-refractivity contribution in [2.75, 3.05) is 38.7 Å². The highest BCUT2D eigenvalue weighted by atomic mass is 32.2. The zero-order valence-electron chi connectivity index (χ0n) is 15.6. The van der Waals surface area contributed by atoms with Crippen LogP contribution in [0.5, 0.6) is 5.75 Å². The highest BCUT2D eigenvalue weighted by Gasteiger charge is 2.29. The van der Waals surface area contributed by atoms with E-state index in [2.05, 4.69) is 5.32 Å². The molecule has 0 bridgehead atoms. The molecule has 0 aromatic heterocycles. The Morgan fingerprint density at radius 2 is 1.89 bits per heavy atom. The number of methoxy groups -OCH3 is 1. The molecular formula is C19H21FN2O5S. The first-order valence-electron chi connectivity index (χ1n) is 8.66. The molecule has 0 saturated carbocycles. The number of nitrogens with one attached hydrogen (secondary N) is 1. The maximum Gasteiger partial charge on any atom is 0.255 e. The Hall–Kier alpha value is -2.49. The van der Waals surface area contributed by atoms with Gasteiger partial charge in [0.15, 0.2) is 0 Å². The molecule has 1 N–H and O–H groups in total. The van der Waals surface area contributed by atoms with Crippen molar-refractivity contribution >= 4 is 21.6 Å². The second-order valence-electron chi connectivity index (χ2n) is 6.32.